The molecule has 0 amide bonds. The molecule has 0 aliphatic carbocycles. The molecule has 0 fully saturated rings. The second-order valence-corrected chi connectivity index (χ2v) is 4.81. The minimum Gasteiger partial charge on any atom is -0.370 e. The van der Waals surface area contributed by atoms with Crippen LogP contribution in [-0.4, -0.2) is 34.4 Å². The van der Waals surface area contributed by atoms with Gasteiger partial charge in [0.25, 0.3) is 0 Å². The van der Waals surface area contributed by atoms with E-state index in [1.54, 1.807) is 6.08 Å². The highest BCUT2D eigenvalue weighted by Gasteiger charge is 2.13. The van der Waals surface area contributed by atoms with Crippen LogP contribution in [0.3, 0.4) is 0 Å². The van der Waals surface area contributed by atoms with Gasteiger partial charge in [0.1, 0.15) is 0 Å². The molecule has 0 saturated heterocycles. The maximum atomic E-state index is 5.66. The summed E-state index contributed by atoms with van der Waals surface area (Å²) in [6.07, 6.45) is 4.69. The van der Waals surface area contributed by atoms with Crippen LogP contribution in [0.15, 0.2) is 29.0 Å². The van der Waals surface area contributed by atoms with Crippen molar-refractivity contribution in [1.29, 1.82) is 0 Å². The highest BCUT2D eigenvalue weighted by atomic mass is 127. The van der Waals surface area contributed by atoms with Crippen LogP contribution in [0.5, 0.6) is 0 Å². The van der Waals surface area contributed by atoms with Gasteiger partial charge in [-0.1, -0.05) is 17.8 Å². The van der Waals surface area contributed by atoms with E-state index in [1.807, 2.05) is 11.8 Å². The quantitative estimate of drug-likeness (QED) is 0.350. The number of nitrogens with two attached hydrogens (primary N) is 1. The van der Waals surface area contributed by atoms with E-state index < -0.39 is 0 Å². The fourth-order valence-corrected chi connectivity index (χ4v) is 2.57. The van der Waals surface area contributed by atoms with E-state index in [2.05, 4.69) is 32.6 Å². The highest BCUT2D eigenvalue weighted by Crippen LogP contribution is 2.24. The summed E-state index contributed by atoms with van der Waals surface area (Å²) in [5, 5.41) is 4.06. The first-order valence-electron chi connectivity index (χ1n) is 5.63. The number of guanidine groups is 1. The van der Waals surface area contributed by atoms with Crippen molar-refractivity contribution >= 4 is 41.7 Å². The Morgan fingerprint density at radius 3 is 3.28 bits per heavy atom. The van der Waals surface area contributed by atoms with Gasteiger partial charge >= 0.3 is 0 Å². The summed E-state index contributed by atoms with van der Waals surface area (Å²) < 4.78 is 2.20. The van der Waals surface area contributed by atoms with E-state index >= 15 is 0 Å². The van der Waals surface area contributed by atoms with Crippen LogP contribution in [0.4, 0.5) is 0 Å². The molecular weight excluding hydrogens is 361 g/mol. The van der Waals surface area contributed by atoms with E-state index in [1.165, 1.54) is 0 Å². The molecule has 2 rings (SSSR count). The third-order valence-corrected chi connectivity index (χ3v) is 3.40. The van der Waals surface area contributed by atoms with Crippen molar-refractivity contribution in [3.63, 3.8) is 0 Å². The predicted octanol–water partition coefficient (Wildman–Crippen LogP) is 1.24. The van der Waals surface area contributed by atoms with Crippen molar-refractivity contribution in [2.75, 3.05) is 18.8 Å². The first-order valence-corrected chi connectivity index (χ1v) is 6.61. The summed E-state index contributed by atoms with van der Waals surface area (Å²) in [6, 6.07) is 0. The second-order valence-electron chi connectivity index (χ2n) is 3.74. The molecule has 0 spiro atoms. The Bertz CT molecular complexity index is 408. The van der Waals surface area contributed by atoms with Crippen LogP contribution < -0.4 is 11.1 Å². The van der Waals surface area contributed by atoms with Gasteiger partial charge in [-0.15, -0.1) is 30.6 Å². The number of fused-ring (bicyclic) bond motifs is 1. The van der Waals surface area contributed by atoms with Crippen molar-refractivity contribution in [1.82, 2.24) is 14.9 Å². The molecule has 1 aliphatic heterocycles. The standard InChI is InChI=1S/C11H17N5S.HI/c1-2-4-13-10(12)14-5-3-9-8-16-6-7-17-11(16)15-9;/h2,8H,1,3-7H2,(H3,12,13,14);1H. The van der Waals surface area contributed by atoms with E-state index in [0.29, 0.717) is 19.0 Å². The molecule has 0 unspecified atom stereocenters. The lowest BCUT2D eigenvalue weighted by Gasteiger charge is -2.01. The lowest BCUT2D eigenvalue weighted by atomic mass is 10.3. The smallest absolute Gasteiger partial charge is 0.188 e. The minimum atomic E-state index is 0. The molecule has 18 heavy (non-hydrogen) atoms. The van der Waals surface area contributed by atoms with Crippen molar-refractivity contribution in [2.45, 2.75) is 18.1 Å². The number of nitrogens with one attached hydrogen (secondary N) is 1. The van der Waals surface area contributed by atoms with Crippen LogP contribution in [0, 0.1) is 0 Å². The van der Waals surface area contributed by atoms with E-state index in [9.17, 15) is 0 Å². The molecule has 100 valence electrons. The Kier molecular flexibility index (Phi) is 6.55. The fourth-order valence-electron chi connectivity index (χ4n) is 1.61. The highest BCUT2D eigenvalue weighted by molar-refractivity contribution is 14.0. The lowest BCUT2D eigenvalue weighted by Crippen LogP contribution is -2.31. The first kappa shape index (κ1) is 15.4. The predicted molar refractivity (Wildman–Crippen MR) is 86.8 cm³/mol. The second kappa shape index (κ2) is 7.67. The van der Waals surface area contributed by atoms with E-state index in [4.69, 9.17) is 5.73 Å². The number of aromatic nitrogens is 2. The van der Waals surface area contributed by atoms with Gasteiger partial charge in [0.2, 0.25) is 0 Å². The first-order chi connectivity index (χ1) is 8.29. The number of aryl methyl sites for hydroxylation is 1. The molecule has 7 heteroatoms. The van der Waals surface area contributed by atoms with Crippen molar-refractivity contribution < 1.29 is 0 Å². The van der Waals surface area contributed by atoms with E-state index in [0.717, 1.165) is 29.6 Å². The number of thioether (sulfide) groups is 1. The maximum Gasteiger partial charge on any atom is 0.188 e. The average Bonchev–Trinajstić information content (AvgIpc) is 2.86. The van der Waals surface area contributed by atoms with Crippen molar-refractivity contribution in [3.05, 3.63) is 24.5 Å². The Morgan fingerprint density at radius 2 is 2.56 bits per heavy atom. The van der Waals surface area contributed by atoms with Crippen LogP contribution in [0.2, 0.25) is 0 Å². The minimum absolute atomic E-state index is 0. The Balaban J connectivity index is 0.00000162. The Labute approximate surface area is 128 Å². The van der Waals surface area contributed by atoms with Gasteiger partial charge in [0, 0.05) is 38.0 Å². The molecule has 0 bridgehead atoms. The zero-order valence-corrected chi connectivity index (χ0v) is 13.3. The largest absolute Gasteiger partial charge is 0.370 e. The van der Waals surface area contributed by atoms with Gasteiger partial charge in [0.15, 0.2) is 11.1 Å². The Hall–Kier alpha value is -0.700. The van der Waals surface area contributed by atoms with Crippen LogP contribution >= 0.6 is 35.7 Å². The molecule has 3 N–H and O–H groups in total. The van der Waals surface area contributed by atoms with Crippen molar-refractivity contribution in [2.24, 2.45) is 10.7 Å². The molecule has 0 radical (unpaired) electrons. The van der Waals surface area contributed by atoms with Crippen molar-refractivity contribution in [3.8, 4) is 0 Å². The summed E-state index contributed by atoms with van der Waals surface area (Å²) in [7, 11) is 0. The summed E-state index contributed by atoms with van der Waals surface area (Å²) in [5.74, 6) is 1.60. The van der Waals surface area contributed by atoms with Crippen LogP contribution in [0.25, 0.3) is 0 Å². The third-order valence-electron chi connectivity index (χ3n) is 2.43. The average molecular weight is 379 g/mol. The van der Waals surface area contributed by atoms with Gasteiger partial charge in [-0.25, -0.2) is 4.98 Å². The molecule has 1 aromatic heterocycles. The number of halogens is 1. The molecule has 0 aromatic carbocycles. The Morgan fingerprint density at radius 1 is 1.72 bits per heavy atom. The number of nitrogens with zero attached hydrogens (tertiary/aromatic N) is 3. The molecule has 1 aromatic rings. The van der Waals surface area contributed by atoms with Gasteiger partial charge in [0.05, 0.1) is 5.69 Å². The SMILES string of the molecule is C=CCNC(N)=NCCc1cn2c(n1)SCC2.I. The molecular formula is C11H18IN5S. The summed E-state index contributed by atoms with van der Waals surface area (Å²) >= 11 is 1.81. The molecule has 5 nitrogen and oxygen atoms in total. The number of aliphatic imine (C=N–C) groups is 1. The van der Waals surface area contributed by atoms with Crippen LogP contribution in [-0.2, 0) is 13.0 Å². The normalized spacial score (nSPS) is 13.9. The van der Waals surface area contributed by atoms with Crippen LogP contribution in [0.1, 0.15) is 5.69 Å². The number of hydrogen-bond donors (Lipinski definition) is 2. The number of hydrogen-bond acceptors (Lipinski definition) is 3. The lowest BCUT2D eigenvalue weighted by molar-refractivity contribution is 0.719. The molecule has 0 atom stereocenters. The van der Waals surface area contributed by atoms with Gasteiger partial charge in [-0.05, 0) is 0 Å². The van der Waals surface area contributed by atoms with Gasteiger partial charge < -0.3 is 15.6 Å². The zero-order valence-electron chi connectivity index (χ0n) is 10.1. The van der Waals surface area contributed by atoms with Gasteiger partial charge in [-0.3, -0.25) is 4.99 Å². The number of imidazole rings is 1. The summed E-state index contributed by atoms with van der Waals surface area (Å²) in [6.45, 7) is 5.98. The molecule has 1 aliphatic rings. The van der Waals surface area contributed by atoms with Gasteiger partial charge in [-0.2, -0.15) is 0 Å². The maximum absolute atomic E-state index is 5.66. The summed E-state index contributed by atoms with van der Waals surface area (Å²) in [5.41, 5.74) is 6.75. The number of rotatable bonds is 5. The van der Waals surface area contributed by atoms with E-state index in [-0.39, 0.29) is 24.0 Å². The topological polar surface area (TPSA) is 68.2 Å². The molecule has 2 heterocycles. The summed E-state index contributed by atoms with van der Waals surface area (Å²) in [4.78, 5) is 8.75. The zero-order chi connectivity index (χ0) is 12.1. The third kappa shape index (κ3) is 4.20. The fraction of sp³-hybridized carbons (Fsp3) is 0.455. The monoisotopic (exact) mass is 379 g/mol. The molecule has 0 saturated carbocycles.